The molecule has 1 saturated heterocycles. The Hall–Kier alpha value is -1.04. The van der Waals surface area contributed by atoms with E-state index in [-0.39, 0.29) is 10.8 Å². The molecule has 9 atom stereocenters. The maximum Gasteiger partial charge on any atom is 0.0446 e. The fourth-order valence-electron chi connectivity index (χ4n) is 13.6. The van der Waals surface area contributed by atoms with Gasteiger partial charge in [0.2, 0.25) is 0 Å². The van der Waals surface area contributed by atoms with Crippen LogP contribution in [-0.4, -0.2) is 34.7 Å². The van der Waals surface area contributed by atoms with Gasteiger partial charge in [-0.05, 0) is 93.8 Å². The lowest BCUT2D eigenvalue weighted by molar-refractivity contribution is -0.193. The van der Waals surface area contributed by atoms with E-state index in [2.05, 4.69) is 49.7 Å². The van der Waals surface area contributed by atoms with Gasteiger partial charge in [0.1, 0.15) is 0 Å². The zero-order valence-corrected chi connectivity index (χ0v) is 23.1. The van der Waals surface area contributed by atoms with E-state index in [0.717, 1.165) is 25.2 Å². The van der Waals surface area contributed by atoms with Gasteiger partial charge in [0.05, 0.1) is 0 Å². The minimum atomic E-state index is 0.224. The van der Waals surface area contributed by atoms with Crippen LogP contribution in [0.15, 0.2) is 23.3 Å². The molecule has 8 rings (SSSR count). The number of aliphatic hydroxyl groups is 1. The number of allylic oxidation sites excluding steroid dienone is 2. The minimum absolute atomic E-state index is 0.224. The van der Waals surface area contributed by atoms with E-state index in [1.807, 2.05) is 5.57 Å². The fraction of sp³-hybridized carbons (Fsp3) is 0.824. The van der Waals surface area contributed by atoms with E-state index in [1.165, 1.54) is 77.2 Å². The van der Waals surface area contributed by atoms with Gasteiger partial charge in [0.25, 0.3) is 0 Å². The molecule has 5 fully saturated rings. The Morgan fingerprint density at radius 2 is 1.92 bits per heavy atom. The second kappa shape index (κ2) is 6.93. The van der Waals surface area contributed by atoms with Crippen molar-refractivity contribution in [2.24, 2.45) is 38.9 Å². The highest BCUT2D eigenvalue weighted by Gasteiger charge is 2.83. The van der Waals surface area contributed by atoms with E-state index in [0.29, 0.717) is 40.4 Å². The molecule has 1 unspecified atom stereocenters. The van der Waals surface area contributed by atoms with Crippen LogP contribution >= 0.6 is 0 Å². The van der Waals surface area contributed by atoms with Crippen molar-refractivity contribution in [2.75, 3.05) is 13.2 Å². The molecule has 6 aliphatic carbocycles. The van der Waals surface area contributed by atoms with Crippen molar-refractivity contribution in [3.63, 3.8) is 0 Å². The maximum atomic E-state index is 9.65. The summed E-state index contributed by atoms with van der Waals surface area (Å²) in [6.45, 7) is 9.57. The molecule has 4 spiro atoms. The van der Waals surface area contributed by atoms with Crippen molar-refractivity contribution < 1.29 is 5.11 Å². The van der Waals surface area contributed by atoms with Gasteiger partial charge in [-0.15, -0.1) is 11.8 Å². The number of nitrogens with zero attached hydrogens (tertiary/aromatic N) is 1. The predicted molar refractivity (Wildman–Crippen MR) is 145 cm³/mol. The van der Waals surface area contributed by atoms with Crippen molar-refractivity contribution in [2.45, 2.75) is 122 Å². The molecule has 2 nitrogen and oxygen atoms in total. The lowest BCUT2D eigenvalue weighted by Gasteiger charge is -2.68. The SMILES string of the molecule is CC1=C2C[C@@]34[C@H]5C=C[C@@]6(CC#CC[C@@]3(C)[C@]2(CC1)[C@H](C)CC41CCCC1)[C@@H](CCCO)CC[C@@]61CN51. The average molecular weight is 486 g/mol. The van der Waals surface area contributed by atoms with Crippen molar-refractivity contribution in [1.82, 2.24) is 4.90 Å². The highest BCUT2D eigenvalue weighted by molar-refractivity contribution is 5.49. The van der Waals surface area contributed by atoms with E-state index >= 15 is 0 Å². The lowest BCUT2D eigenvalue weighted by atomic mass is 9.36. The predicted octanol–water partition coefficient (Wildman–Crippen LogP) is 7.04. The van der Waals surface area contributed by atoms with Gasteiger partial charge in [-0.3, -0.25) is 4.90 Å². The van der Waals surface area contributed by atoms with Crippen LogP contribution in [0.4, 0.5) is 0 Å². The van der Waals surface area contributed by atoms with E-state index < -0.39 is 0 Å². The molecule has 2 heteroatoms. The van der Waals surface area contributed by atoms with Crippen molar-refractivity contribution in [1.29, 1.82) is 0 Å². The Morgan fingerprint density at radius 1 is 1.11 bits per heavy atom. The molecule has 8 aliphatic rings. The van der Waals surface area contributed by atoms with Crippen LogP contribution < -0.4 is 0 Å². The van der Waals surface area contributed by atoms with Crippen LogP contribution in [0, 0.1) is 50.8 Å². The van der Waals surface area contributed by atoms with Crippen LogP contribution in [0.1, 0.15) is 111 Å². The highest BCUT2D eigenvalue weighted by atomic mass is 16.2. The molecule has 0 aromatic heterocycles. The van der Waals surface area contributed by atoms with Gasteiger partial charge in [0.15, 0.2) is 0 Å². The Balaban J connectivity index is 1.37. The summed E-state index contributed by atoms with van der Waals surface area (Å²) in [5.74, 6) is 9.35. The lowest BCUT2D eigenvalue weighted by Crippen LogP contribution is -2.67. The Labute approximate surface area is 219 Å². The van der Waals surface area contributed by atoms with Gasteiger partial charge in [-0.2, -0.15) is 0 Å². The summed E-state index contributed by atoms with van der Waals surface area (Å²) in [7, 11) is 0. The number of hydrogen-bond donors (Lipinski definition) is 1. The third-order valence-electron chi connectivity index (χ3n) is 14.9. The summed E-state index contributed by atoms with van der Waals surface area (Å²) in [5.41, 5.74) is 5.72. The summed E-state index contributed by atoms with van der Waals surface area (Å²) in [4.78, 5) is 3.08. The Morgan fingerprint density at radius 3 is 2.72 bits per heavy atom. The summed E-state index contributed by atoms with van der Waals surface area (Å²) in [6, 6.07) is 0.598. The molecule has 2 aliphatic heterocycles. The van der Waals surface area contributed by atoms with E-state index in [4.69, 9.17) is 0 Å². The monoisotopic (exact) mass is 485 g/mol. The van der Waals surface area contributed by atoms with Crippen LogP contribution in [-0.2, 0) is 0 Å². The van der Waals surface area contributed by atoms with Crippen molar-refractivity contribution in [3.05, 3.63) is 23.3 Å². The first-order valence-corrected chi connectivity index (χ1v) is 15.6. The van der Waals surface area contributed by atoms with E-state index in [1.54, 1.807) is 5.57 Å². The standard InChI is InChI=1S/C34H47NO/c1-24-10-19-33-25(2)21-30(14-5-6-15-30)34(22-27(24)33)28-12-17-31(16-7-4-13-29(33,34)3)26(9-8-20-36)11-18-32(31)23-35(28)32/h12,17,25-26,28,36H,5-6,8-11,13-16,18-23H2,1-3H3/t25-,26+,28-,29+,31+,32-,33-,34-,35?/m1/s1. The summed E-state index contributed by atoms with van der Waals surface area (Å²) in [5, 5.41) is 9.65. The molecule has 0 amide bonds. The van der Waals surface area contributed by atoms with Crippen LogP contribution in [0.25, 0.3) is 0 Å². The first-order valence-electron chi connectivity index (χ1n) is 15.6. The van der Waals surface area contributed by atoms with Gasteiger partial charge in [-0.25, -0.2) is 0 Å². The van der Waals surface area contributed by atoms with Gasteiger partial charge in [-0.1, -0.05) is 50.0 Å². The number of hydrogen-bond acceptors (Lipinski definition) is 2. The molecular weight excluding hydrogens is 438 g/mol. The summed E-state index contributed by atoms with van der Waals surface area (Å²) >= 11 is 0. The van der Waals surface area contributed by atoms with Crippen LogP contribution in [0.2, 0.25) is 0 Å². The second-order valence-electron chi connectivity index (χ2n) is 15.1. The molecule has 0 radical (unpaired) electrons. The van der Waals surface area contributed by atoms with Crippen LogP contribution in [0.3, 0.4) is 0 Å². The smallest absolute Gasteiger partial charge is 0.0446 e. The fourth-order valence-corrected chi connectivity index (χ4v) is 13.6. The molecule has 0 aromatic rings. The molecule has 0 aromatic carbocycles. The Bertz CT molecular complexity index is 1130. The zero-order valence-electron chi connectivity index (χ0n) is 23.1. The molecule has 36 heavy (non-hydrogen) atoms. The molecule has 4 bridgehead atoms. The number of rotatable bonds is 3. The number of aliphatic hydroxyl groups excluding tert-OH is 1. The van der Waals surface area contributed by atoms with Gasteiger partial charge in [0, 0.05) is 53.8 Å². The van der Waals surface area contributed by atoms with E-state index in [9.17, 15) is 5.11 Å². The van der Waals surface area contributed by atoms with Crippen molar-refractivity contribution in [3.8, 4) is 11.8 Å². The maximum absolute atomic E-state index is 9.65. The normalized spacial score (nSPS) is 54.7. The molecule has 4 saturated carbocycles. The quantitative estimate of drug-likeness (QED) is 0.263. The van der Waals surface area contributed by atoms with Gasteiger partial charge >= 0.3 is 0 Å². The third-order valence-corrected chi connectivity index (χ3v) is 14.9. The summed E-state index contributed by atoms with van der Waals surface area (Å²) in [6.07, 6.45) is 23.9. The third kappa shape index (κ3) is 2.12. The topological polar surface area (TPSA) is 23.2 Å². The highest BCUT2D eigenvalue weighted by Crippen LogP contribution is 2.87. The number of fused-ring (bicyclic) bond motifs is 2. The first-order chi connectivity index (χ1) is 17.4. The summed E-state index contributed by atoms with van der Waals surface area (Å²) < 4.78 is 0. The molecule has 2 heterocycles. The second-order valence-corrected chi connectivity index (χ2v) is 15.1. The average Bonchev–Trinajstić information content (AvgIpc) is 3.08. The van der Waals surface area contributed by atoms with Crippen LogP contribution in [0.5, 0.6) is 0 Å². The first kappa shape index (κ1) is 22.9. The van der Waals surface area contributed by atoms with Crippen molar-refractivity contribution >= 4 is 0 Å². The largest absolute Gasteiger partial charge is 0.396 e. The minimum Gasteiger partial charge on any atom is -0.396 e. The van der Waals surface area contributed by atoms with Gasteiger partial charge < -0.3 is 5.11 Å². The molecule has 1 N–H and O–H groups in total. The molecule has 194 valence electrons. The zero-order chi connectivity index (χ0) is 24.6. The molecular formula is C34H47NO. The Kier molecular flexibility index (Phi) is 4.41.